The molecule has 0 spiro atoms. The lowest BCUT2D eigenvalue weighted by Gasteiger charge is -2.09. The van der Waals surface area contributed by atoms with Crippen molar-refractivity contribution < 1.29 is 4.55 Å². The van der Waals surface area contributed by atoms with Gasteiger partial charge in [-0.3, -0.25) is 0 Å². The third-order valence-corrected chi connectivity index (χ3v) is 4.80. The Morgan fingerprint density at radius 3 is 2.38 bits per heavy atom. The first-order valence-corrected chi connectivity index (χ1v) is 8.36. The van der Waals surface area contributed by atoms with Gasteiger partial charge in [-0.2, -0.15) is 0 Å². The number of hydrogen-bond acceptors (Lipinski definition) is 2. The van der Waals surface area contributed by atoms with Gasteiger partial charge in [0.25, 0.3) is 0 Å². The molecule has 0 aliphatic rings. The van der Waals surface area contributed by atoms with Crippen LogP contribution in [0.3, 0.4) is 0 Å². The maximum Gasteiger partial charge on any atom is 0.153 e. The second-order valence-electron chi connectivity index (χ2n) is 5.05. The minimum absolute atomic E-state index is 0.440. The highest BCUT2D eigenvalue weighted by atomic mass is 32.2. The van der Waals surface area contributed by atoms with Crippen LogP contribution in [0.25, 0.3) is 12.2 Å². The van der Waals surface area contributed by atoms with Crippen LogP contribution >= 0.6 is 0 Å². The molecule has 2 rings (SSSR count). The van der Waals surface area contributed by atoms with Crippen molar-refractivity contribution in [3.05, 3.63) is 64.7 Å². The molecule has 0 amide bonds. The normalized spacial score (nSPS) is 12.8. The Hall–Kier alpha value is -1.55. The zero-order valence-electron chi connectivity index (χ0n) is 12.5. The molecule has 2 aromatic rings. The highest BCUT2D eigenvalue weighted by Crippen LogP contribution is 2.19. The number of hydrogen-bond donors (Lipinski definition) is 1. The lowest BCUT2D eigenvalue weighted by molar-refractivity contribution is 0.595. The van der Waals surface area contributed by atoms with Gasteiger partial charge in [0, 0.05) is 12.6 Å². The molecule has 2 N–H and O–H groups in total. The highest BCUT2D eigenvalue weighted by Gasteiger charge is 2.09. The van der Waals surface area contributed by atoms with E-state index in [2.05, 4.69) is 44.2 Å². The van der Waals surface area contributed by atoms with Gasteiger partial charge in [-0.15, -0.1) is 0 Å². The fourth-order valence-corrected chi connectivity index (χ4v) is 3.20. The molecule has 0 heterocycles. The van der Waals surface area contributed by atoms with Crippen LogP contribution in [-0.2, 0) is 11.2 Å². The maximum atomic E-state index is 12.0. The minimum Gasteiger partial charge on any atom is -0.611 e. The number of benzene rings is 2. The molecule has 0 saturated heterocycles. The van der Waals surface area contributed by atoms with Gasteiger partial charge in [0.05, 0.1) is 0 Å². The van der Waals surface area contributed by atoms with E-state index in [1.807, 2.05) is 24.3 Å². The average molecular weight is 299 g/mol. The summed E-state index contributed by atoms with van der Waals surface area (Å²) < 4.78 is 12.0. The maximum absolute atomic E-state index is 12.0. The molecule has 0 aliphatic heterocycles. The number of nitrogens with two attached hydrogens (primary N) is 1. The van der Waals surface area contributed by atoms with Crippen LogP contribution in [0.15, 0.2) is 47.4 Å². The first-order chi connectivity index (χ1) is 10.1. The van der Waals surface area contributed by atoms with Crippen molar-refractivity contribution in [1.29, 1.82) is 0 Å². The van der Waals surface area contributed by atoms with Crippen molar-refractivity contribution in [2.75, 3.05) is 12.3 Å². The standard InChI is InChI=1S/C18H21NOS/c1-14-5-3-6-15(2)18(14)10-9-16-7-4-8-17(13-16)21(20)12-11-19/h3-10,13H,11-12,19H2,1-2H3/b10-9+. The first-order valence-electron chi connectivity index (χ1n) is 7.04. The molecular weight excluding hydrogens is 278 g/mol. The van der Waals surface area contributed by atoms with Crippen LogP contribution in [0.1, 0.15) is 22.3 Å². The summed E-state index contributed by atoms with van der Waals surface area (Å²) in [6, 6.07) is 14.1. The smallest absolute Gasteiger partial charge is 0.153 e. The molecule has 3 heteroatoms. The molecule has 0 radical (unpaired) electrons. The molecule has 0 aliphatic carbocycles. The third kappa shape index (κ3) is 4.21. The number of aryl methyl sites for hydroxylation is 2. The predicted molar refractivity (Wildman–Crippen MR) is 91.6 cm³/mol. The lowest BCUT2D eigenvalue weighted by atomic mass is 10.0. The fraction of sp³-hybridized carbons (Fsp3) is 0.222. The quantitative estimate of drug-likeness (QED) is 0.678. The van der Waals surface area contributed by atoms with E-state index in [1.54, 1.807) is 0 Å². The van der Waals surface area contributed by atoms with E-state index in [1.165, 1.54) is 16.7 Å². The van der Waals surface area contributed by atoms with Crippen LogP contribution in [0.2, 0.25) is 0 Å². The second kappa shape index (κ2) is 7.46. The molecule has 21 heavy (non-hydrogen) atoms. The van der Waals surface area contributed by atoms with Crippen molar-refractivity contribution in [2.45, 2.75) is 18.7 Å². The summed E-state index contributed by atoms with van der Waals surface area (Å²) in [6.07, 6.45) is 4.19. The summed E-state index contributed by atoms with van der Waals surface area (Å²) in [7, 11) is 0. The van der Waals surface area contributed by atoms with Crippen LogP contribution in [0.4, 0.5) is 0 Å². The van der Waals surface area contributed by atoms with Crippen LogP contribution in [0.5, 0.6) is 0 Å². The molecule has 1 unspecified atom stereocenters. The molecule has 1 atom stereocenters. The van der Waals surface area contributed by atoms with Gasteiger partial charge in [-0.25, -0.2) is 0 Å². The van der Waals surface area contributed by atoms with Gasteiger partial charge in [0.2, 0.25) is 0 Å². The SMILES string of the molecule is Cc1cccc(C)c1/C=C/c1cccc([S+]([O-])CCN)c1. The van der Waals surface area contributed by atoms with Gasteiger partial charge in [0.1, 0.15) is 5.75 Å². The summed E-state index contributed by atoms with van der Waals surface area (Å²) >= 11 is -1.01. The van der Waals surface area contributed by atoms with Gasteiger partial charge >= 0.3 is 0 Å². The van der Waals surface area contributed by atoms with Crippen molar-refractivity contribution in [2.24, 2.45) is 5.73 Å². The van der Waals surface area contributed by atoms with E-state index in [0.717, 1.165) is 10.5 Å². The molecule has 2 aromatic carbocycles. The Labute approximate surface area is 129 Å². The summed E-state index contributed by atoms with van der Waals surface area (Å²) in [5.74, 6) is 0.504. The van der Waals surface area contributed by atoms with E-state index >= 15 is 0 Å². The van der Waals surface area contributed by atoms with Gasteiger partial charge in [-0.1, -0.05) is 42.5 Å². The van der Waals surface area contributed by atoms with E-state index in [4.69, 9.17) is 5.73 Å². The Morgan fingerprint density at radius 1 is 1.05 bits per heavy atom. The van der Waals surface area contributed by atoms with E-state index in [0.29, 0.717) is 12.3 Å². The molecular formula is C18H21NOS. The molecule has 2 nitrogen and oxygen atoms in total. The van der Waals surface area contributed by atoms with Gasteiger partial charge in [-0.05, 0) is 53.3 Å². The zero-order chi connectivity index (χ0) is 15.2. The molecule has 0 saturated carbocycles. The topological polar surface area (TPSA) is 49.1 Å². The molecule has 0 fully saturated rings. The monoisotopic (exact) mass is 299 g/mol. The summed E-state index contributed by atoms with van der Waals surface area (Å²) in [6.45, 7) is 4.66. The Balaban J connectivity index is 2.23. The second-order valence-corrected chi connectivity index (χ2v) is 6.62. The van der Waals surface area contributed by atoms with Crippen molar-refractivity contribution in [3.8, 4) is 0 Å². The van der Waals surface area contributed by atoms with E-state index in [9.17, 15) is 4.55 Å². The minimum atomic E-state index is -1.01. The van der Waals surface area contributed by atoms with Crippen molar-refractivity contribution >= 4 is 23.3 Å². The van der Waals surface area contributed by atoms with Crippen LogP contribution in [0, 0.1) is 13.8 Å². The van der Waals surface area contributed by atoms with Crippen LogP contribution < -0.4 is 5.73 Å². The molecule has 0 bridgehead atoms. The largest absolute Gasteiger partial charge is 0.611 e. The average Bonchev–Trinajstić information content (AvgIpc) is 2.47. The van der Waals surface area contributed by atoms with Crippen LogP contribution in [-0.4, -0.2) is 16.9 Å². The molecule has 110 valence electrons. The number of rotatable bonds is 5. The zero-order valence-corrected chi connectivity index (χ0v) is 13.3. The first kappa shape index (κ1) is 15.8. The Morgan fingerprint density at radius 2 is 1.71 bits per heavy atom. The predicted octanol–water partition coefficient (Wildman–Crippen LogP) is 3.54. The van der Waals surface area contributed by atoms with E-state index < -0.39 is 11.2 Å². The Bertz CT molecular complexity index is 617. The van der Waals surface area contributed by atoms with E-state index in [-0.39, 0.29) is 0 Å². The highest BCUT2D eigenvalue weighted by molar-refractivity contribution is 7.91. The lowest BCUT2D eigenvalue weighted by Crippen LogP contribution is -2.15. The van der Waals surface area contributed by atoms with Crippen molar-refractivity contribution in [1.82, 2.24) is 0 Å². The van der Waals surface area contributed by atoms with Gasteiger partial charge < -0.3 is 10.3 Å². The van der Waals surface area contributed by atoms with Crippen molar-refractivity contribution in [3.63, 3.8) is 0 Å². The Kier molecular flexibility index (Phi) is 5.62. The fourth-order valence-electron chi connectivity index (χ4n) is 2.25. The molecule has 0 aromatic heterocycles. The summed E-state index contributed by atoms with van der Waals surface area (Å²) in [5, 5.41) is 0. The summed E-state index contributed by atoms with van der Waals surface area (Å²) in [5.41, 5.74) is 10.3. The summed E-state index contributed by atoms with van der Waals surface area (Å²) in [4.78, 5) is 0.837. The van der Waals surface area contributed by atoms with Gasteiger partial charge in [0.15, 0.2) is 4.90 Å². The third-order valence-electron chi connectivity index (χ3n) is 3.41.